The van der Waals surface area contributed by atoms with Gasteiger partial charge in [-0.25, -0.2) is 0 Å². The Morgan fingerprint density at radius 3 is 2.21 bits per heavy atom. The summed E-state index contributed by atoms with van der Waals surface area (Å²) in [4.78, 5) is 26.5. The van der Waals surface area contributed by atoms with Crippen LogP contribution in [0.3, 0.4) is 0 Å². The van der Waals surface area contributed by atoms with Crippen LogP contribution >= 0.6 is 11.3 Å². The first-order valence-electron chi connectivity index (χ1n) is 11.1. The molecule has 7 heteroatoms. The van der Waals surface area contributed by atoms with Crippen molar-refractivity contribution in [3.63, 3.8) is 0 Å². The molecule has 33 heavy (non-hydrogen) atoms. The first-order chi connectivity index (χ1) is 16.1. The van der Waals surface area contributed by atoms with Crippen LogP contribution in [0.2, 0.25) is 0 Å². The van der Waals surface area contributed by atoms with Crippen molar-refractivity contribution in [1.29, 1.82) is 0 Å². The van der Waals surface area contributed by atoms with Crippen molar-refractivity contribution in [2.45, 2.75) is 13.5 Å². The molecule has 1 aliphatic heterocycles. The van der Waals surface area contributed by atoms with Gasteiger partial charge in [-0.15, -0.1) is 11.3 Å². The monoisotopic (exact) mass is 464 g/mol. The number of amides is 1. The van der Waals surface area contributed by atoms with Gasteiger partial charge in [-0.3, -0.25) is 14.5 Å². The quantitative estimate of drug-likeness (QED) is 0.506. The minimum absolute atomic E-state index is 0.0232. The standard InChI is InChI=1S/C26H28N2O4S/c1-19(29)32-17-20-2-4-21(5-3-20)22-6-8-23(9-7-22)24-16-25(33-18-24)26(30)27-10-11-28-12-14-31-15-13-28/h2-9,16,18H,10-15,17H2,1H3,(H,27,30). The molecule has 1 aromatic heterocycles. The van der Waals surface area contributed by atoms with Crippen molar-refractivity contribution in [3.05, 3.63) is 70.4 Å². The Kier molecular flexibility index (Phi) is 7.88. The minimum atomic E-state index is -0.281. The van der Waals surface area contributed by atoms with Gasteiger partial charge in [0.05, 0.1) is 18.1 Å². The van der Waals surface area contributed by atoms with E-state index in [1.165, 1.54) is 18.3 Å². The largest absolute Gasteiger partial charge is 0.461 e. The molecule has 0 bridgehead atoms. The molecular weight excluding hydrogens is 436 g/mol. The topological polar surface area (TPSA) is 67.9 Å². The SMILES string of the molecule is CC(=O)OCc1ccc(-c2ccc(-c3csc(C(=O)NCCN4CCOCC4)c3)cc2)cc1. The molecular formula is C26H28N2O4S. The summed E-state index contributed by atoms with van der Waals surface area (Å²) in [6.07, 6.45) is 0. The summed E-state index contributed by atoms with van der Waals surface area (Å²) in [5.41, 5.74) is 5.28. The molecule has 4 rings (SSSR count). The summed E-state index contributed by atoms with van der Waals surface area (Å²) in [7, 11) is 0. The molecule has 0 spiro atoms. The highest BCUT2D eigenvalue weighted by atomic mass is 32.1. The smallest absolute Gasteiger partial charge is 0.302 e. The molecule has 1 saturated heterocycles. The molecule has 0 saturated carbocycles. The molecule has 2 heterocycles. The van der Waals surface area contributed by atoms with Crippen molar-refractivity contribution in [2.75, 3.05) is 39.4 Å². The van der Waals surface area contributed by atoms with Crippen molar-refractivity contribution in [1.82, 2.24) is 10.2 Å². The van der Waals surface area contributed by atoms with E-state index in [9.17, 15) is 9.59 Å². The molecule has 1 amide bonds. The van der Waals surface area contributed by atoms with Gasteiger partial charge in [0.25, 0.3) is 5.91 Å². The summed E-state index contributed by atoms with van der Waals surface area (Å²) in [6, 6.07) is 18.2. The summed E-state index contributed by atoms with van der Waals surface area (Å²) in [5, 5.41) is 5.05. The molecule has 2 aromatic carbocycles. The second-order valence-electron chi connectivity index (χ2n) is 7.96. The third-order valence-corrected chi connectivity index (χ3v) is 6.52. The van der Waals surface area contributed by atoms with E-state index in [4.69, 9.17) is 9.47 Å². The van der Waals surface area contributed by atoms with E-state index >= 15 is 0 Å². The van der Waals surface area contributed by atoms with E-state index in [1.54, 1.807) is 0 Å². The highest BCUT2D eigenvalue weighted by Crippen LogP contribution is 2.28. The molecule has 0 radical (unpaired) electrons. The van der Waals surface area contributed by atoms with Crippen LogP contribution in [0.4, 0.5) is 0 Å². The van der Waals surface area contributed by atoms with Gasteiger partial charge in [0.15, 0.2) is 0 Å². The number of hydrogen-bond donors (Lipinski definition) is 1. The molecule has 3 aromatic rings. The predicted molar refractivity (Wildman–Crippen MR) is 130 cm³/mol. The molecule has 1 N–H and O–H groups in total. The number of morpholine rings is 1. The number of hydrogen-bond acceptors (Lipinski definition) is 6. The van der Waals surface area contributed by atoms with Gasteiger partial charge in [0.1, 0.15) is 6.61 Å². The zero-order valence-corrected chi connectivity index (χ0v) is 19.5. The van der Waals surface area contributed by atoms with Gasteiger partial charge < -0.3 is 14.8 Å². The fourth-order valence-electron chi connectivity index (χ4n) is 3.68. The summed E-state index contributed by atoms with van der Waals surface area (Å²) < 4.78 is 10.4. The number of carbonyl (C=O) groups is 2. The van der Waals surface area contributed by atoms with Gasteiger partial charge in [-0.1, -0.05) is 48.5 Å². The van der Waals surface area contributed by atoms with Crippen molar-refractivity contribution in [3.8, 4) is 22.3 Å². The van der Waals surface area contributed by atoms with Crippen LogP contribution < -0.4 is 5.32 Å². The van der Waals surface area contributed by atoms with E-state index < -0.39 is 0 Å². The normalized spacial score (nSPS) is 14.1. The van der Waals surface area contributed by atoms with E-state index in [0.717, 1.165) is 65.5 Å². The van der Waals surface area contributed by atoms with E-state index in [-0.39, 0.29) is 18.5 Å². The van der Waals surface area contributed by atoms with Crippen LogP contribution in [0.1, 0.15) is 22.2 Å². The Hall–Kier alpha value is -3.00. The number of carbonyl (C=O) groups excluding carboxylic acids is 2. The highest BCUT2D eigenvalue weighted by molar-refractivity contribution is 7.12. The summed E-state index contributed by atoms with van der Waals surface area (Å²) in [6.45, 7) is 6.56. The van der Waals surface area contributed by atoms with Crippen molar-refractivity contribution in [2.24, 2.45) is 0 Å². The fraction of sp³-hybridized carbons (Fsp3) is 0.308. The van der Waals surface area contributed by atoms with Crippen LogP contribution in [0, 0.1) is 0 Å². The van der Waals surface area contributed by atoms with E-state index in [2.05, 4.69) is 34.5 Å². The third-order valence-electron chi connectivity index (χ3n) is 5.59. The highest BCUT2D eigenvalue weighted by Gasteiger charge is 2.13. The third kappa shape index (κ3) is 6.51. The second kappa shape index (κ2) is 11.2. The molecule has 0 aliphatic carbocycles. The number of benzene rings is 2. The molecule has 6 nitrogen and oxygen atoms in total. The van der Waals surface area contributed by atoms with Crippen LogP contribution in [0.5, 0.6) is 0 Å². The number of ether oxygens (including phenoxy) is 2. The summed E-state index contributed by atoms with van der Waals surface area (Å²) in [5.74, 6) is -0.304. The minimum Gasteiger partial charge on any atom is -0.461 e. The number of rotatable bonds is 8. The van der Waals surface area contributed by atoms with Gasteiger partial charge in [-0.2, -0.15) is 0 Å². The maximum absolute atomic E-state index is 12.5. The van der Waals surface area contributed by atoms with Crippen molar-refractivity contribution < 1.29 is 19.1 Å². The Morgan fingerprint density at radius 2 is 1.58 bits per heavy atom. The lowest BCUT2D eigenvalue weighted by Gasteiger charge is -2.26. The van der Waals surface area contributed by atoms with Crippen LogP contribution in [0.15, 0.2) is 60.0 Å². The first kappa shape index (κ1) is 23.2. The van der Waals surface area contributed by atoms with Crippen LogP contribution in [0.25, 0.3) is 22.3 Å². The maximum Gasteiger partial charge on any atom is 0.302 e. The number of thiophene rings is 1. The number of nitrogens with zero attached hydrogens (tertiary/aromatic N) is 1. The Bertz CT molecular complexity index is 1070. The zero-order chi connectivity index (χ0) is 23.0. The average molecular weight is 465 g/mol. The Labute approximate surface area is 198 Å². The number of esters is 1. The van der Waals surface area contributed by atoms with E-state index in [1.807, 2.05) is 35.7 Å². The molecule has 0 unspecified atom stereocenters. The predicted octanol–water partition coefficient (Wildman–Crippen LogP) is 4.21. The van der Waals surface area contributed by atoms with Crippen LogP contribution in [-0.4, -0.2) is 56.2 Å². The first-order valence-corrected chi connectivity index (χ1v) is 12.0. The average Bonchev–Trinajstić information content (AvgIpc) is 3.34. The summed E-state index contributed by atoms with van der Waals surface area (Å²) >= 11 is 1.47. The van der Waals surface area contributed by atoms with Gasteiger partial charge in [0, 0.05) is 33.1 Å². The lowest BCUT2D eigenvalue weighted by atomic mass is 10.0. The van der Waals surface area contributed by atoms with Gasteiger partial charge in [-0.05, 0) is 39.3 Å². The number of nitrogens with one attached hydrogen (secondary N) is 1. The molecule has 172 valence electrons. The van der Waals surface area contributed by atoms with Crippen LogP contribution in [-0.2, 0) is 20.9 Å². The maximum atomic E-state index is 12.5. The lowest BCUT2D eigenvalue weighted by Crippen LogP contribution is -2.41. The van der Waals surface area contributed by atoms with E-state index in [0.29, 0.717) is 6.54 Å². The second-order valence-corrected chi connectivity index (χ2v) is 8.88. The fourth-order valence-corrected chi connectivity index (χ4v) is 4.51. The lowest BCUT2D eigenvalue weighted by molar-refractivity contribution is -0.142. The van der Waals surface area contributed by atoms with Gasteiger partial charge >= 0.3 is 5.97 Å². The van der Waals surface area contributed by atoms with Gasteiger partial charge in [0.2, 0.25) is 0 Å². The molecule has 1 aliphatic rings. The molecule has 0 atom stereocenters. The zero-order valence-electron chi connectivity index (χ0n) is 18.7. The Morgan fingerprint density at radius 1 is 0.970 bits per heavy atom. The molecule has 1 fully saturated rings. The Balaban J connectivity index is 1.32. The van der Waals surface area contributed by atoms with Crippen molar-refractivity contribution >= 4 is 23.2 Å².